The topological polar surface area (TPSA) is 88.4 Å². The summed E-state index contributed by atoms with van der Waals surface area (Å²) in [6, 6.07) is 19.7. The average molecular weight is 356 g/mol. The van der Waals surface area contributed by atoms with Gasteiger partial charge >= 0.3 is 0 Å². The number of carbonyl (C=O) groups is 1. The lowest BCUT2D eigenvalue weighted by Crippen LogP contribution is -2.18. The van der Waals surface area contributed by atoms with Crippen LogP contribution in [0.3, 0.4) is 0 Å². The molecule has 128 valence electrons. The van der Waals surface area contributed by atoms with E-state index in [1.807, 2.05) is 42.5 Å². The number of hydrogen-bond acceptors (Lipinski definition) is 4. The first kappa shape index (κ1) is 16.9. The molecule has 0 fully saturated rings. The van der Waals surface area contributed by atoms with E-state index in [1.54, 1.807) is 12.1 Å². The zero-order chi connectivity index (χ0) is 17.9. The molecule has 0 atom stereocenters. The Labute approximate surface area is 145 Å². The maximum Gasteiger partial charge on any atom is 0.291 e. The Hall–Kier alpha value is -2.90. The number of anilines is 1. The van der Waals surface area contributed by atoms with Crippen molar-refractivity contribution < 1.29 is 17.6 Å². The molecule has 0 saturated carbocycles. The Morgan fingerprint density at radius 3 is 2.16 bits per heavy atom. The van der Waals surface area contributed by atoms with E-state index in [4.69, 9.17) is 4.42 Å². The maximum absolute atomic E-state index is 12.2. The molecule has 25 heavy (non-hydrogen) atoms. The summed E-state index contributed by atoms with van der Waals surface area (Å²) in [7, 11) is -2.45. The Balaban J connectivity index is 1.73. The molecule has 1 aromatic heterocycles. The molecule has 6 nitrogen and oxygen atoms in total. The van der Waals surface area contributed by atoms with Crippen molar-refractivity contribution in [3.63, 3.8) is 0 Å². The van der Waals surface area contributed by atoms with Gasteiger partial charge in [0.05, 0.1) is 0 Å². The van der Waals surface area contributed by atoms with Crippen LogP contribution in [0.15, 0.2) is 76.2 Å². The van der Waals surface area contributed by atoms with Crippen molar-refractivity contribution in [2.75, 3.05) is 12.4 Å². The molecule has 0 aliphatic carbocycles. The van der Waals surface area contributed by atoms with Crippen molar-refractivity contribution >= 4 is 21.6 Å². The number of furan rings is 1. The summed E-state index contributed by atoms with van der Waals surface area (Å²) >= 11 is 0. The molecule has 1 heterocycles. The van der Waals surface area contributed by atoms with E-state index < -0.39 is 15.9 Å². The third-order valence-corrected chi connectivity index (χ3v) is 4.88. The summed E-state index contributed by atoms with van der Waals surface area (Å²) < 4.78 is 30.5. The molecule has 0 aliphatic rings. The smallest absolute Gasteiger partial charge is 0.291 e. The van der Waals surface area contributed by atoms with Crippen LogP contribution >= 0.6 is 0 Å². The van der Waals surface area contributed by atoms with E-state index in [0.29, 0.717) is 5.69 Å². The van der Waals surface area contributed by atoms with Gasteiger partial charge in [0.1, 0.15) is 0 Å². The summed E-state index contributed by atoms with van der Waals surface area (Å²) in [4.78, 5) is 12.2. The molecule has 2 aromatic carbocycles. The molecule has 0 bridgehead atoms. The predicted molar refractivity (Wildman–Crippen MR) is 94.8 cm³/mol. The fraction of sp³-hybridized carbons (Fsp3) is 0.0556. The number of amides is 1. The molecular formula is C18H16N2O4S. The third kappa shape index (κ3) is 3.78. The van der Waals surface area contributed by atoms with Crippen LogP contribution in [-0.4, -0.2) is 21.4 Å². The number of hydrogen-bond donors (Lipinski definition) is 2. The van der Waals surface area contributed by atoms with Crippen LogP contribution in [0.4, 0.5) is 5.69 Å². The minimum atomic E-state index is -3.72. The van der Waals surface area contributed by atoms with Crippen LogP contribution in [0.1, 0.15) is 10.6 Å². The van der Waals surface area contributed by atoms with Gasteiger partial charge in [0, 0.05) is 5.69 Å². The zero-order valence-corrected chi connectivity index (χ0v) is 14.2. The lowest BCUT2D eigenvalue weighted by molar-refractivity contribution is 0.0991. The molecule has 0 spiro atoms. The van der Waals surface area contributed by atoms with Gasteiger partial charge in [-0.05, 0) is 42.4 Å². The van der Waals surface area contributed by atoms with Crippen molar-refractivity contribution in [3.8, 4) is 11.1 Å². The number of nitrogens with one attached hydrogen (secondary N) is 2. The van der Waals surface area contributed by atoms with Gasteiger partial charge in [-0.15, -0.1) is 0 Å². The van der Waals surface area contributed by atoms with Crippen molar-refractivity contribution in [1.82, 2.24) is 4.72 Å². The predicted octanol–water partition coefficient (Wildman–Crippen LogP) is 3.11. The lowest BCUT2D eigenvalue weighted by Gasteiger charge is -2.05. The fourth-order valence-electron chi connectivity index (χ4n) is 2.26. The SMILES string of the molecule is CNS(=O)(=O)c1ccc(C(=O)Nc2ccc(-c3ccccc3)cc2)o1. The van der Waals surface area contributed by atoms with Crippen LogP contribution in [-0.2, 0) is 10.0 Å². The lowest BCUT2D eigenvalue weighted by atomic mass is 10.1. The Bertz CT molecular complexity index is 977. The fourth-order valence-corrected chi connectivity index (χ4v) is 2.90. The van der Waals surface area contributed by atoms with Gasteiger partial charge in [0.25, 0.3) is 15.9 Å². The highest BCUT2D eigenvalue weighted by molar-refractivity contribution is 7.89. The molecule has 3 rings (SSSR count). The van der Waals surface area contributed by atoms with E-state index in [-0.39, 0.29) is 10.9 Å². The minimum Gasteiger partial charge on any atom is -0.438 e. The van der Waals surface area contributed by atoms with Crippen LogP contribution in [0.5, 0.6) is 0 Å². The number of sulfonamides is 1. The quantitative estimate of drug-likeness (QED) is 0.735. The van der Waals surface area contributed by atoms with Crippen LogP contribution in [0, 0.1) is 0 Å². The first-order valence-corrected chi connectivity index (χ1v) is 8.98. The van der Waals surface area contributed by atoms with Gasteiger partial charge in [-0.25, -0.2) is 13.1 Å². The van der Waals surface area contributed by atoms with Gasteiger partial charge in [-0.1, -0.05) is 42.5 Å². The van der Waals surface area contributed by atoms with Gasteiger partial charge < -0.3 is 9.73 Å². The number of benzene rings is 2. The monoisotopic (exact) mass is 356 g/mol. The molecule has 0 radical (unpaired) electrons. The highest BCUT2D eigenvalue weighted by Gasteiger charge is 2.19. The molecule has 2 N–H and O–H groups in total. The van der Waals surface area contributed by atoms with Gasteiger partial charge in [-0.3, -0.25) is 4.79 Å². The van der Waals surface area contributed by atoms with E-state index >= 15 is 0 Å². The first-order valence-electron chi connectivity index (χ1n) is 7.50. The summed E-state index contributed by atoms with van der Waals surface area (Å²) in [5.74, 6) is -0.606. The van der Waals surface area contributed by atoms with Gasteiger partial charge in [-0.2, -0.15) is 0 Å². The summed E-state index contributed by atoms with van der Waals surface area (Å²) in [6.45, 7) is 0. The molecule has 3 aromatic rings. The van der Waals surface area contributed by atoms with E-state index in [0.717, 1.165) is 11.1 Å². The average Bonchev–Trinajstić information content (AvgIpc) is 3.14. The van der Waals surface area contributed by atoms with Crippen LogP contribution < -0.4 is 10.0 Å². The molecule has 7 heteroatoms. The van der Waals surface area contributed by atoms with Crippen molar-refractivity contribution in [1.29, 1.82) is 0 Å². The molecule has 0 saturated heterocycles. The summed E-state index contributed by atoms with van der Waals surface area (Å²) in [5.41, 5.74) is 2.69. The number of carbonyl (C=O) groups excluding carboxylic acids is 1. The van der Waals surface area contributed by atoms with E-state index in [1.165, 1.54) is 19.2 Å². The third-order valence-electron chi connectivity index (χ3n) is 3.59. The Morgan fingerprint density at radius 1 is 0.880 bits per heavy atom. The second-order valence-corrected chi connectivity index (χ2v) is 7.04. The minimum absolute atomic E-state index is 0.0824. The van der Waals surface area contributed by atoms with Crippen molar-refractivity contribution in [2.45, 2.75) is 5.09 Å². The zero-order valence-electron chi connectivity index (χ0n) is 13.4. The maximum atomic E-state index is 12.2. The Morgan fingerprint density at radius 2 is 1.52 bits per heavy atom. The van der Waals surface area contributed by atoms with E-state index in [2.05, 4.69) is 10.0 Å². The summed E-state index contributed by atoms with van der Waals surface area (Å²) in [5, 5.41) is 2.37. The highest BCUT2D eigenvalue weighted by Crippen LogP contribution is 2.22. The second-order valence-electron chi connectivity index (χ2n) is 5.22. The highest BCUT2D eigenvalue weighted by atomic mass is 32.2. The summed E-state index contributed by atoms with van der Waals surface area (Å²) in [6.07, 6.45) is 0. The molecular weight excluding hydrogens is 340 g/mol. The molecule has 0 aliphatic heterocycles. The van der Waals surface area contributed by atoms with Crippen molar-refractivity contribution in [2.24, 2.45) is 0 Å². The first-order chi connectivity index (χ1) is 12.0. The normalized spacial score (nSPS) is 11.2. The second kappa shape index (κ2) is 6.92. The molecule has 0 unspecified atom stereocenters. The van der Waals surface area contributed by atoms with Crippen LogP contribution in [0.2, 0.25) is 0 Å². The van der Waals surface area contributed by atoms with E-state index in [9.17, 15) is 13.2 Å². The van der Waals surface area contributed by atoms with Gasteiger partial charge in [0.15, 0.2) is 5.76 Å². The standard InChI is InChI=1S/C18H16N2O4S/c1-19-25(22,23)17-12-11-16(24-17)18(21)20-15-9-7-14(8-10-15)13-5-3-2-4-6-13/h2-12,19H,1H3,(H,20,21). The Kier molecular flexibility index (Phi) is 4.69. The largest absolute Gasteiger partial charge is 0.438 e. The molecule has 1 amide bonds. The van der Waals surface area contributed by atoms with Gasteiger partial charge in [0.2, 0.25) is 5.09 Å². The number of rotatable bonds is 5. The van der Waals surface area contributed by atoms with Crippen LogP contribution in [0.25, 0.3) is 11.1 Å². The van der Waals surface area contributed by atoms with Crippen molar-refractivity contribution in [3.05, 3.63) is 72.5 Å².